The Hall–Kier alpha value is -2.69. The molecule has 25 heavy (non-hydrogen) atoms. The van der Waals surface area contributed by atoms with Crippen molar-refractivity contribution in [2.24, 2.45) is 5.92 Å². The van der Waals surface area contributed by atoms with Gasteiger partial charge in [-0.05, 0) is 42.7 Å². The number of ether oxygens (including phenoxy) is 3. The summed E-state index contributed by atoms with van der Waals surface area (Å²) < 4.78 is 16.5. The van der Waals surface area contributed by atoms with Gasteiger partial charge in [-0.15, -0.1) is 0 Å². The van der Waals surface area contributed by atoms with E-state index in [1.807, 2.05) is 49.4 Å². The number of amides is 1. The Labute approximate surface area is 147 Å². The number of methoxy groups -OCH3 is 1. The zero-order chi connectivity index (χ0) is 17.6. The number of nitrogens with one attached hydrogen (secondary N) is 1. The molecule has 0 radical (unpaired) electrons. The lowest BCUT2D eigenvalue weighted by Gasteiger charge is -2.24. The topological polar surface area (TPSA) is 56.8 Å². The molecule has 5 heteroatoms. The standard InChI is InChI=1S/C20H23NO4/c1-3-24-19-10-14(8-9-18(19)23-2)12-21-20(22)16-11-15-6-4-5-7-17(15)25-13-16/h4-10,16H,3,11-13H2,1-2H3,(H,21,22). The highest BCUT2D eigenvalue weighted by atomic mass is 16.5. The fourth-order valence-electron chi connectivity index (χ4n) is 2.93. The van der Waals surface area contributed by atoms with E-state index < -0.39 is 0 Å². The van der Waals surface area contributed by atoms with Crippen LogP contribution in [-0.2, 0) is 17.8 Å². The number of fused-ring (bicyclic) bond motifs is 1. The molecule has 1 aliphatic heterocycles. The minimum absolute atomic E-state index is 0.00304. The summed E-state index contributed by atoms with van der Waals surface area (Å²) in [6, 6.07) is 13.5. The first kappa shape index (κ1) is 17.1. The van der Waals surface area contributed by atoms with Gasteiger partial charge in [-0.2, -0.15) is 0 Å². The van der Waals surface area contributed by atoms with Gasteiger partial charge in [0.05, 0.1) is 19.6 Å². The monoisotopic (exact) mass is 341 g/mol. The van der Waals surface area contributed by atoms with Gasteiger partial charge < -0.3 is 19.5 Å². The molecule has 0 saturated carbocycles. The lowest BCUT2D eigenvalue weighted by molar-refractivity contribution is -0.126. The molecule has 0 aromatic heterocycles. The molecule has 1 atom stereocenters. The van der Waals surface area contributed by atoms with Gasteiger partial charge in [-0.3, -0.25) is 4.79 Å². The van der Waals surface area contributed by atoms with Crippen LogP contribution < -0.4 is 19.5 Å². The molecule has 0 saturated heterocycles. The van der Waals surface area contributed by atoms with Gasteiger partial charge in [-0.1, -0.05) is 24.3 Å². The summed E-state index contributed by atoms with van der Waals surface area (Å²) in [6.45, 7) is 3.34. The smallest absolute Gasteiger partial charge is 0.227 e. The van der Waals surface area contributed by atoms with Crippen LogP contribution in [0.25, 0.3) is 0 Å². The third-order valence-corrected chi connectivity index (χ3v) is 4.24. The maximum atomic E-state index is 12.5. The van der Waals surface area contributed by atoms with Crippen LogP contribution in [0, 0.1) is 5.92 Å². The van der Waals surface area contributed by atoms with E-state index in [4.69, 9.17) is 14.2 Å². The van der Waals surface area contributed by atoms with Crippen molar-refractivity contribution in [1.82, 2.24) is 5.32 Å². The van der Waals surface area contributed by atoms with Crippen LogP contribution in [0.3, 0.4) is 0 Å². The molecule has 1 amide bonds. The largest absolute Gasteiger partial charge is 0.493 e. The van der Waals surface area contributed by atoms with E-state index in [9.17, 15) is 4.79 Å². The molecule has 5 nitrogen and oxygen atoms in total. The fourth-order valence-corrected chi connectivity index (χ4v) is 2.93. The van der Waals surface area contributed by atoms with E-state index in [0.717, 1.165) is 16.9 Å². The molecule has 0 aliphatic carbocycles. The second-order valence-corrected chi connectivity index (χ2v) is 5.96. The van der Waals surface area contributed by atoms with Crippen molar-refractivity contribution in [1.29, 1.82) is 0 Å². The first-order chi connectivity index (χ1) is 12.2. The lowest BCUT2D eigenvalue weighted by atomic mass is 9.96. The lowest BCUT2D eigenvalue weighted by Crippen LogP contribution is -2.37. The van der Waals surface area contributed by atoms with Crippen LogP contribution in [-0.4, -0.2) is 26.2 Å². The molecule has 1 unspecified atom stereocenters. The first-order valence-corrected chi connectivity index (χ1v) is 8.49. The van der Waals surface area contributed by atoms with Gasteiger partial charge in [0.15, 0.2) is 11.5 Å². The number of carbonyl (C=O) groups is 1. The maximum Gasteiger partial charge on any atom is 0.227 e. The summed E-state index contributed by atoms with van der Waals surface area (Å²) in [7, 11) is 1.61. The Morgan fingerprint density at radius 3 is 2.88 bits per heavy atom. The second kappa shape index (κ2) is 7.92. The molecular formula is C20H23NO4. The Morgan fingerprint density at radius 2 is 2.08 bits per heavy atom. The minimum atomic E-state index is -0.167. The van der Waals surface area contributed by atoms with Gasteiger partial charge in [0.1, 0.15) is 12.4 Å². The third-order valence-electron chi connectivity index (χ3n) is 4.24. The van der Waals surface area contributed by atoms with Crippen molar-refractivity contribution in [3.8, 4) is 17.2 Å². The second-order valence-electron chi connectivity index (χ2n) is 5.96. The van der Waals surface area contributed by atoms with Crippen molar-refractivity contribution in [3.63, 3.8) is 0 Å². The molecule has 1 aliphatic rings. The minimum Gasteiger partial charge on any atom is -0.493 e. The average Bonchev–Trinajstić information content (AvgIpc) is 2.66. The van der Waals surface area contributed by atoms with E-state index in [-0.39, 0.29) is 11.8 Å². The Morgan fingerprint density at radius 1 is 1.24 bits per heavy atom. The number of hydrogen-bond acceptors (Lipinski definition) is 4. The molecular weight excluding hydrogens is 318 g/mol. The van der Waals surface area contributed by atoms with E-state index in [0.29, 0.717) is 37.7 Å². The van der Waals surface area contributed by atoms with Crippen molar-refractivity contribution in [2.45, 2.75) is 19.9 Å². The quantitative estimate of drug-likeness (QED) is 0.878. The maximum absolute atomic E-state index is 12.5. The number of benzene rings is 2. The number of carbonyl (C=O) groups excluding carboxylic acids is 1. The first-order valence-electron chi connectivity index (χ1n) is 8.49. The van der Waals surface area contributed by atoms with Crippen molar-refractivity contribution in [3.05, 3.63) is 53.6 Å². The van der Waals surface area contributed by atoms with Crippen molar-refractivity contribution < 1.29 is 19.0 Å². The molecule has 2 aromatic carbocycles. The summed E-state index contributed by atoms with van der Waals surface area (Å²) in [5.41, 5.74) is 2.05. The average molecular weight is 341 g/mol. The van der Waals surface area contributed by atoms with Gasteiger partial charge in [0.2, 0.25) is 5.91 Å². The molecule has 2 aromatic rings. The zero-order valence-corrected chi connectivity index (χ0v) is 14.6. The van der Waals surface area contributed by atoms with Gasteiger partial charge in [0, 0.05) is 6.54 Å². The van der Waals surface area contributed by atoms with Crippen LogP contribution in [0.2, 0.25) is 0 Å². The van der Waals surface area contributed by atoms with Crippen LogP contribution >= 0.6 is 0 Å². The summed E-state index contributed by atoms with van der Waals surface area (Å²) in [5.74, 6) is 2.09. The predicted molar refractivity (Wildman–Crippen MR) is 95.1 cm³/mol. The molecule has 0 spiro atoms. The number of rotatable bonds is 6. The highest BCUT2D eigenvalue weighted by Crippen LogP contribution is 2.29. The number of para-hydroxylation sites is 1. The van der Waals surface area contributed by atoms with E-state index in [2.05, 4.69) is 5.32 Å². The summed E-state index contributed by atoms with van der Waals surface area (Å²) in [4.78, 5) is 12.5. The Balaban J connectivity index is 1.60. The van der Waals surface area contributed by atoms with Gasteiger partial charge in [-0.25, -0.2) is 0 Å². The Kier molecular flexibility index (Phi) is 5.43. The summed E-state index contributed by atoms with van der Waals surface area (Å²) in [6.07, 6.45) is 0.703. The normalized spacial score (nSPS) is 15.7. The van der Waals surface area contributed by atoms with E-state index in [1.165, 1.54) is 0 Å². The fraction of sp³-hybridized carbons (Fsp3) is 0.350. The molecule has 132 valence electrons. The van der Waals surface area contributed by atoms with Gasteiger partial charge in [0.25, 0.3) is 0 Å². The Bertz CT molecular complexity index is 744. The van der Waals surface area contributed by atoms with Gasteiger partial charge >= 0.3 is 0 Å². The summed E-state index contributed by atoms with van der Waals surface area (Å²) in [5, 5.41) is 2.99. The molecule has 3 rings (SSSR count). The van der Waals surface area contributed by atoms with E-state index >= 15 is 0 Å². The van der Waals surface area contributed by atoms with Crippen LogP contribution in [0.15, 0.2) is 42.5 Å². The van der Waals surface area contributed by atoms with E-state index in [1.54, 1.807) is 7.11 Å². The molecule has 1 N–H and O–H groups in total. The zero-order valence-electron chi connectivity index (χ0n) is 14.6. The highest BCUT2D eigenvalue weighted by molar-refractivity contribution is 5.79. The van der Waals surface area contributed by atoms with Crippen LogP contribution in [0.4, 0.5) is 0 Å². The van der Waals surface area contributed by atoms with Crippen LogP contribution in [0.5, 0.6) is 17.2 Å². The van der Waals surface area contributed by atoms with Crippen molar-refractivity contribution in [2.75, 3.05) is 20.3 Å². The number of hydrogen-bond donors (Lipinski definition) is 1. The summed E-state index contributed by atoms with van der Waals surface area (Å²) >= 11 is 0. The molecule has 0 bridgehead atoms. The third kappa shape index (κ3) is 4.05. The van der Waals surface area contributed by atoms with Crippen molar-refractivity contribution >= 4 is 5.91 Å². The predicted octanol–water partition coefficient (Wildman–Crippen LogP) is 2.96. The SMILES string of the molecule is CCOc1cc(CNC(=O)C2COc3ccccc3C2)ccc1OC. The molecule has 0 fully saturated rings. The van der Waals surface area contributed by atoms with Crippen LogP contribution in [0.1, 0.15) is 18.1 Å². The highest BCUT2D eigenvalue weighted by Gasteiger charge is 2.25. The molecule has 1 heterocycles.